The Morgan fingerprint density at radius 3 is 2.27 bits per heavy atom. The molecule has 40 heavy (non-hydrogen) atoms. The van der Waals surface area contributed by atoms with E-state index >= 15 is 0 Å². The molecular formula is C32H46F6O2. The van der Waals surface area contributed by atoms with Crippen LogP contribution in [-0.4, -0.2) is 34.3 Å². The summed E-state index contributed by atoms with van der Waals surface area (Å²) in [5.74, 6) is 4.25. The number of alkyl halides is 6. The molecule has 0 radical (unpaired) electrons. The van der Waals surface area contributed by atoms with Crippen molar-refractivity contribution in [3.8, 4) is 11.8 Å². The molecule has 3 saturated carbocycles. The Bertz CT molecular complexity index is 984. The lowest BCUT2D eigenvalue weighted by atomic mass is 9.55. The number of rotatable bonds is 7. The Morgan fingerprint density at radius 1 is 1.00 bits per heavy atom. The van der Waals surface area contributed by atoms with E-state index < -0.39 is 23.4 Å². The fourth-order valence-corrected chi connectivity index (χ4v) is 7.81. The molecule has 0 saturated heterocycles. The molecule has 2 N–H and O–H groups in total. The standard InChI is InChI=1S/C32H46F6O2/c1-22(2)9-6-17-28(3,18-8-20-30(40,31(33,34)35)32(36,37)38)27-16-15-26-24(11-7-19-29(26,27)4)14-13-23-10-5-12-25(39)21-23/h13-14,22,25-27,39-40H,5-7,9-12,15-19,21H2,1-4H3/b23-13-,24-14+/t25-,26?,27+,28+,29-/m0/s1. The molecule has 0 spiro atoms. The van der Waals surface area contributed by atoms with E-state index in [1.54, 1.807) is 0 Å². The lowest BCUT2D eigenvalue weighted by Crippen LogP contribution is -2.55. The Labute approximate surface area is 235 Å². The number of allylic oxidation sites excluding steroid dienone is 3. The Balaban J connectivity index is 1.91. The van der Waals surface area contributed by atoms with Gasteiger partial charge in [0.25, 0.3) is 0 Å². The molecule has 0 aromatic heterocycles. The van der Waals surface area contributed by atoms with Crippen LogP contribution >= 0.6 is 0 Å². The fourth-order valence-electron chi connectivity index (χ4n) is 7.81. The van der Waals surface area contributed by atoms with Gasteiger partial charge in [0.15, 0.2) is 0 Å². The second-order valence-corrected chi connectivity index (χ2v) is 13.5. The van der Waals surface area contributed by atoms with Gasteiger partial charge in [-0.2, -0.15) is 26.3 Å². The van der Waals surface area contributed by atoms with Crippen LogP contribution in [0, 0.1) is 40.4 Å². The van der Waals surface area contributed by atoms with Crippen LogP contribution in [0.4, 0.5) is 26.3 Å². The normalized spacial score (nSPS) is 31.7. The molecule has 2 nitrogen and oxygen atoms in total. The predicted octanol–water partition coefficient (Wildman–Crippen LogP) is 9.07. The summed E-state index contributed by atoms with van der Waals surface area (Å²) >= 11 is 0. The van der Waals surface area contributed by atoms with Crippen molar-refractivity contribution in [2.45, 2.75) is 135 Å². The summed E-state index contributed by atoms with van der Waals surface area (Å²) in [5, 5.41) is 19.6. The van der Waals surface area contributed by atoms with Crippen LogP contribution in [0.3, 0.4) is 0 Å². The van der Waals surface area contributed by atoms with E-state index in [2.05, 4.69) is 38.8 Å². The minimum atomic E-state index is -5.94. The van der Waals surface area contributed by atoms with Crippen molar-refractivity contribution in [1.29, 1.82) is 0 Å². The largest absolute Gasteiger partial charge is 0.438 e. The van der Waals surface area contributed by atoms with Gasteiger partial charge in [-0.15, -0.1) is 0 Å². The van der Waals surface area contributed by atoms with E-state index in [4.69, 9.17) is 0 Å². The Hall–Kier alpha value is -1.46. The zero-order chi connectivity index (χ0) is 30.0. The van der Waals surface area contributed by atoms with Gasteiger partial charge in [-0.1, -0.05) is 69.8 Å². The molecule has 0 aromatic rings. The van der Waals surface area contributed by atoms with Gasteiger partial charge in [0.05, 0.1) is 6.10 Å². The first-order valence-corrected chi connectivity index (χ1v) is 14.9. The lowest BCUT2D eigenvalue weighted by Gasteiger charge is -2.49. The molecule has 3 rings (SSSR count). The van der Waals surface area contributed by atoms with Crippen molar-refractivity contribution in [3.05, 3.63) is 23.3 Å². The second kappa shape index (κ2) is 12.4. The summed E-state index contributed by atoms with van der Waals surface area (Å²) in [6.45, 7) is 8.41. The maximum atomic E-state index is 13.3. The lowest BCUT2D eigenvalue weighted by molar-refractivity contribution is -0.343. The summed E-state index contributed by atoms with van der Waals surface area (Å²) < 4.78 is 79.6. The van der Waals surface area contributed by atoms with Gasteiger partial charge >= 0.3 is 18.0 Å². The molecule has 0 heterocycles. The maximum absolute atomic E-state index is 13.3. The number of aliphatic hydroxyl groups excluding tert-OH is 1. The summed E-state index contributed by atoms with van der Waals surface area (Å²) in [4.78, 5) is 0. The molecule has 3 aliphatic rings. The van der Waals surface area contributed by atoms with E-state index in [1.807, 2.05) is 6.92 Å². The van der Waals surface area contributed by atoms with Gasteiger partial charge in [0.1, 0.15) is 0 Å². The van der Waals surface area contributed by atoms with E-state index in [0.717, 1.165) is 64.2 Å². The van der Waals surface area contributed by atoms with Crippen molar-refractivity contribution < 1.29 is 36.6 Å². The van der Waals surface area contributed by atoms with E-state index in [1.165, 1.54) is 17.1 Å². The third kappa shape index (κ3) is 7.12. The van der Waals surface area contributed by atoms with Gasteiger partial charge in [-0.25, -0.2) is 0 Å². The van der Waals surface area contributed by atoms with Gasteiger partial charge in [0.2, 0.25) is 0 Å². The van der Waals surface area contributed by atoms with Crippen LogP contribution in [0.25, 0.3) is 0 Å². The molecule has 1 unspecified atom stereocenters. The van der Waals surface area contributed by atoms with Gasteiger partial charge in [0, 0.05) is 6.42 Å². The van der Waals surface area contributed by atoms with Gasteiger partial charge < -0.3 is 10.2 Å². The van der Waals surface area contributed by atoms with Gasteiger partial charge in [-0.05, 0) is 98.7 Å². The number of aliphatic hydroxyl groups is 2. The fraction of sp³-hybridized carbons (Fsp3) is 0.812. The van der Waals surface area contributed by atoms with E-state index in [9.17, 15) is 36.6 Å². The molecule has 5 atom stereocenters. The van der Waals surface area contributed by atoms with Crippen molar-refractivity contribution in [2.75, 3.05) is 0 Å². The highest BCUT2D eigenvalue weighted by molar-refractivity contribution is 5.27. The van der Waals surface area contributed by atoms with Crippen LogP contribution < -0.4 is 0 Å². The van der Waals surface area contributed by atoms with Crippen molar-refractivity contribution >= 4 is 0 Å². The molecule has 0 amide bonds. The quantitative estimate of drug-likeness (QED) is 0.234. The molecule has 0 aliphatic heterocycles. The minimum absolute atomic E-state index is 0.0872. The topological polar surface area (TPSA) is 40.5 Å². The zero-order valence-corrected chi connectivity index (χ0v) is 24.3. The molecule has 8 heteroatoms. The highest BCUT2D eigenvalue weighted by Crippen LogP contribution is 2.63. The van der Waals surface area contributed by atoms with E-state index in [0.29, 0.717) is 24.7 Å². The SMILES string of the molecule is CC(C)CCC[C@](C)(CC#CC(O)(C(F)(F)F)C(F)(F)F)[C@H]1CCC2/C(=C/C=C3/CCC[C@H](O)C3)CCC[C@@]21C. The van der Waals surface area contributed by atoms with Crippen LogP contribution in [0.1, 0.15) is 111 Å². The van der Waals surface area contributed by atoms with Crippen LogP contribution in [-0.2, 0) is 0 Å². The minimum Gasteiger partial charge on any atom is -0.393 e. The second-order valence-electron chi connectivity index (χ2n) is 13.5. The number of fused-ring (bicyclic) bond motifs is 1. The van der Waals surface area contributed by atoms with Crippen LogP contribution in [0.2, 0.25) is 0 Å². The molecule has 0 aromatic carbocycles. The monoisotopic (exact) mass is 576 g/mol. The van der Waals surface area contributed by atoms with E-state index in [-0.39, 0.29) is 23.9 Å². The third-order valence-corrected chi connectivity index (χ3v) is 9.98. The Morgan fingerprint density at radius 2 is 1.68 bits per heavy atom. The maximum Gasteiger partial charge on any atom is 0.438 e. The van der Waals surface area contributed by atoms with Crippen molar-refractivity contribution in [1.82, 2.24) is 0 Å². The van der Waals surface area contributed by atoms with Crippen molar-refractivity contribution in [2.24, 2.45) is 28.6 Å². The average Bonchev–Trinajstić information content (AvgIpc) is 3.19. The number of halogens is 6. The highest BCUT2D eigenvalue weighted by Gasteiger charge is 2.70. The Kier molecular flexibility index (Phi) is 10.3. The van der Waals surface area contributed by atoms with Crippen molar-refractivity contribution in [3.63, 3.8) is 0 Å². The smallest absolute Gasteiger partial charge is 0.393 e. The summed E-state index contributed by atoms with van der Waals surface area (Å²) in [6, 6.07) is 0. The molecule has 0 bridgehead atoms. The molecular weight excluding hydrogens is 530 g/mol. The highest BCUT2D eigenvalue weighted by atomic mass is 19.4. The average molecular weight is 577 g/mol. The van der Waals surface area contributed by atoms with Crippen LogP contribution in [0.5, 0.6) is 0 Å². The summed E-state index contributed by atoms with van der Waals surface area (Å²) in [6.07, 6.45) is 2.66. The number of hydrogen-bond acceptors (Lipinski definition) is 2. The third-order valence-electron chi connectivity index (χ3n) is 9.98. The summed E-state index contributed by atoms with van der Waals surface area (Å²) in [5.41, 5.74) is -3.14. The van der Waals surface area contributed by atoms with Crippen LogP contribution in [0.15, 0.2) is 23.3 Å². The first-order valence-electron chi connectivity index (χ1n) is 14.9. The number of hydrogen-bond donors (Lipinski definition) is 2. The zero-order valence-electron chi connectivity index (χ0n) is 24.3. The predicted molar refractivity (Wildman–Crippen MR) is 145 cm³/mol. The first kappa shape index (κ1) is 33.0. The molecule has 3 fully saturated rings. The summed E-state index contributed by atoms with van der Waals surface area (Å²) in [7, 11) is 0. The van der Waals surface area contributed by atoms with Gasteiger partial charge in [-0.3, -0.25) is 0 Å². The first-order chi connectivity index (χ1) is 18.4. The molecule has 228 valence electrons. The molecule has 3 aliphatic carbocycles.